The summed E-state index contributed by atoms with van der Waals surface area (Å²) in [4.78, 5) is 0. The quantitative estimate of drug-likeness (QED) is 0.172. The predicted octanol–water partition coefficient (Wildman–Crippen LogP) is 10.4. The van der Waals surface area contributed by atoms with Crippen molar-refractivity contribution in [2.24, 2.45) is 0 Å². The third-order valence-corrected chi connectivity index (χ3v) is 14.2. The number of ether oxygens (including phenoxy) is 2. The van der Waals surface area contributed by atoms with Crippen LogP contribution in [0.5, 0.6) is 17.2 Å². The highest BCUT2D eigenvalue weighted by molar-refractivity contribution is 6.78. The summed E-state index contributed by atoms with van der Waals surface area (Å²) >= 11 is 0. The molecule has 0 radical (unpaired) electrons. The summed E-state index contributed by atoms with van der Waals surface area (Å²) < 4.78 is 24.5. The first-order chi connectivity index (χ1) is 19.2. The highest BCUT2D eigenvalue weighted by atomic mass is 28.4. The molecule has 0 bridgehead atoms. The summed E-state index contributed by atoms with van der Waals surface area (Å²) in [5, 5.41) is 0. The molecule has 3 aromatic carbocycles. The molecule has 0 aliphatic carbocycles. The Morgan fingerprint density at radius 2 is 0.975 bits per heavy atom. The van der Waals surface area contributed by atoms with Crippen LogP contribution in [0.3, 0.4) is 0 Å². The molecule has 4 aromatic rings. The smallest absolute Gasteiger partial charge is 0.258 e. The number of methoxy groups -OCH3 is 2. The van der Waals surface area contributed by atoms with E-state index >= 15 is 0 Å². The number of benzene rings is 3. The van der Waals surface area contributed by atoms with Gasteiger partial charge in [-0.1, -0.05) is 60.6 Å². The van der Waals surface area contributed by atoms with Crippen molar-refractivity contribution in [2.45, 2.75) is 71.5 Å². The first kappa shape index (κ1) is 29.5. The molecule has 1 aromatic heterocycles. The first-order valence-corrected chi connectivity index (χ1v) is 16.5. The lowest BCUT2D eigenvalue weighted by atomic mass is 9.94. The Hall–Kier alpha value is -3.44. The molecule has 4 nitrogen and oxygen atoms in total. The molecular weight excluding hydrogens is 512 g/mol. The summed E-state index contributed by atoms with van der Waals surface area (Å²) in [6.07, 6.45) is 0.832. The van der Waals surface area contributed by atoms with Crippen molar-refractivity contribution in [3.8, 4) is 51.0 Å². The van der Waals surface area contributed by atoms with Crippen LogP contribution in [0.25, 0.3) is 33.8 Å². The summed E-state index contributed by atoms with van der Waals surface area (Å²) in [5.41, 5.74) is 6.99. The molecule has 0 spiro atoms. The molecule has 0 amide bonds. The molecule has 5 heteroatoms. The molecule has 1 heterocycles. The van der Waals surface area contributed by atoms with Crippen LogP contribution >= 0.6 is 0 Å². The fraction of sp³-hybridized carbons (Fsp3) is 0.371. The molecule has 0 saturated carbocycles. The molecule has 4 rings (SSSR count). The molecule has 0 N–H and O–H groups in total. The molecule has 0 saturated heterocycles. The van der Waals surface area contributed by atoms with Gasteiger partial charge >= 0.3 is 0 Å². The fourth-order valence-corrected chi connectivity index (χ4v) is 11.5. The van der Waals surface area contributed by atoms with Gasteiger partial charge in [-0.3, -0.25) is 0 Å². The Kier molecular flexibility index (Phi) is 9.14. The van der Waals surface area contributed by atoms with Gasteiger partial charge in [-0.25, -0.2) is 0 Å². The average Bonchev–Trinajstić information content (AvgIpc) is 3.35. The van der Waals surface area contributed by atoms with Gasteiger partial charge in [-0.2, -0.15) is 0 Å². The van der Waals surface area contributed by atoms with Crippen LogP contribution in [0.15, 0.2) is 77.2 Å². The summed E-state index contributed by atoms with van der Waals surface area (Å²) in [6.45, 7) is 16.1. The number of rotatable bonds is 11. The van der Waals surface area contributed by atoms with E-state index in [0.717, 1.165) is 57.4 Å². The lowest BCUT2D eigenvalue weighted by Crippen LogP contribution is -2.50. The lowest BCUT2D eigenvalue weighted by molar-refractivity contribution is 0.414. The average molecular weight is 557 g/mol. The van der Waals surface area contributed by atoms with Gasteiger partial charge in [0.1, 0.15) is 28.8 Å². The van der Waals surface area contributed by atoms with E-state index in [1.807, 2.05) is 24.3 Å². The third kappa shape index (κ3) is 5.57. The Morgan fingerprint density at radius 3 is 1.38 bits per heavy atom. The van der Waals surface area contributed by atoms with E-state index in [0.29, 0.717) is 16.6 Å². The standard InChI is InChI=1S/C35H44O4Si/c1-10-32-33(26-11-17-29(36-8)18-12-26)35(28-13-19-30(37-9)20-14-28)38-34(32)27-15-21-31(22-16-27)39-40(23(2)3,24(4)5)25(6)7/h11-25H,10H2,1-9H3. The van der Waals surface area contributed by atoms with Crippen molar-refractivity contribution in [1.82, 2.24) is 0 Å². The largest absolute Gasteiger partial charge is 0.543 e. The zero-order valence-electron chi connectivity index (χ0n) is 25.5. The molecular formula is C35H44O4Si. The van der Waals surface area contributed by atoms with Gasteiger partial charge in [0.05, 0.1) is 14.2 Å². The van der Waals surface area contributed by atoms with Crippen LogP contribution in [0, 0.1) is 0 Å². The Labute approximate surface area is 241 Å². The van der Waals surface area contributed by atoms with Gasteiger partial charge in [0.2, 0.25) is 0 Å². The molecule has 0 atom stereocenters. The van der Waals surface area contributed by atoms with Crippen molar-refractivity contribution in [3.63, 3.8) is 0 Å². The van der Waals surface area contributed by atoms with Crippen molar-refractivity contribution in [3.05, 3.63) is 78.4 Å². The minimum atomic E-state index is -2.04. The maximum absolute atomic E-state index is 6.93. The predicted molar refractivity (Wildman–Crippen MR) is 169 cm³/mol. The second kappa shape index (κ2) is 12.4. The summed E-state index contributed by atoms with van der Waals surface area (Å²) in [5.74, 6) is 4.34. The topological polar surface area (TPSA) is 40.8 Å². The highest BCUT2D eigenvalue weighted by Gasteiger charge is 2.47. The van der Waals surface area contributed by atoms with Crippen LogP contribution in [-0.2, 0) is 6.42 Å². The van der Waals surface area contributed by atoms with Gasteiger partial charge in [0.15, 0.2) is 0 Å². The number of furan rings is 1. The Bertz CT molecular complexity index is 1360. The van der Waals surface area contributed by atoms with Gasteiger partial charge < -0.3 is 18.3 Å². The van der Waals surface area contributed by atoms with Crippen molar-refractivity contribution in [2.75, 3.05) is 14.2 Å². The highest BCUT2D eigenvalue weighted by Crippen LogP contribution is 2.46. The van der Waals surface area contributed by atoms with Crippen LogP contribution in [0.2, 0.25) is 16.6 Å². The minimum absolute atomic E-state index is 0.517. The van der Waals surface area contributed by atoms with Crippen molar-refractivity contribution in [1.29, 1.82) is 0 Å². The Morgan fingerprint density at radius 1 is 0.575 bits per heavy atom. The van der Waals surface area contributed by atoms with Gasteiger partial charge in [-0.05, 0) is 89.3 Å². The SMILES string of the molecule is CCc1c(-c2ccc(O[Si](C(C)C)(C(C)C)C(C)C)cc2)oc(-c2ccc(OC)cc2)c1-c1ccc(OC)cc1. The summed E-state index contributed by atoms with van der Waals surface area (Å²) in [7, 11) is 1.34. The molecule has 0 aliphatic rings. The molecule has 40 heavy (non-hydrogen) atoms. The minimum Gasteiger partial charge on any atom is -0.543 e. The zero-order chi connectivity index (χ0) is 29.0. The second-order valence-electron chi connectivity index (χ2n) is 11.4. The van der Waals surface area contributed by atoms with E-state index in [-0.39, 0.29) is 0 Å². The summed E-state index contributed by atoms with van der Waals surface area (Å²) in [6, 6.07) is 24.8. The van der Waals surface area contributed by atoms with Crippen LogP contribution in [-0.4, -0.2) is 22.5 Å². The Balaban J connectivity index is 1.81. The molecule has 0 unspecified atom stereocenters. The van der Waals surface area contributed by atoms with E-state index in [4.69, 9.17) is 18.3 Å². The lowest BCUT2D eigenvalue weighted by Gasteiger charge is -2.42. The number of hydrogen-bond acceptors (Lipinski definition) is 4. The molecule has 212 valence electrons. The van der Waals surface area contributed by atoms with Crippen molar-refractivity contribution >= 4 is 8.32 Å². The van der Waals surface area contributed by atoms with Crippen molar-refractivity contribution < 1.29 is 18.3 Å². The van der Waals surface area contributed by atoms with Crippen LogP contribution < -0.4 is 13.9 Å². The van der Waals surface area contributed by atoms with E-state index in [1.165, 1.54) is 5.56 Å². The molecule has 0 fully saturated rings. The van der Waals surface area contributed by atoms with E-state index in [2.05, 4.69) is 97.0 Å². The van der Waals surface area contributed by atoms with E-state index in [1.54, 1.807) is 14.2 Å². The number of hydrogen-bond donors (Lipinski definition) is 0. The van der Waals surface area contributed by atoms with Gasteiger partial charge in [0.25, 0.3) is 8.32 Å². The maximum Gasteiger partial charge on any atom is 0.258 e. The molecule has 0 aliphatic heterocycles. The second-order valence-corrected chi connectivity index (χ2v) is 16.7. The van der Waals surface area contributed by atoms with Gasteiger partial charge in [0, 0.05) is 22.3 Å². The zero-order valence-corrected chi connectivity index (χ0v) is 26.5. The normalized spacial score (nSPS) is 11.9. The van der Waals surface area contributed by atoms with E-state index in [9.17, 15) is 0 Å². The van der Waals surface area contributed by atoms with Crippen LogP contribution in [0.1, 0.15) is 54.0 Å². The monoisotopic (exact) mass is 556 g/mol. The van der Waals surface area contributed by atoms with Gasteiger partial charge in [-0.15, -0.1) is 0 Å². The maximum atomic E-state index is 6.93. The van der Waals surface area contributed by atoms with E-state index < -0.39 is 8.32 Å². The third-order valence-electron chi connectivity index (χ3n) is 8.21. The fourth-order valence-electron chi connectivity index (χ4n) is 6.28. The van der Waals surface area contributed by atoms with Crippen LogP contribution in [0.4, 0.5) is 0 Å². The first-order valence-electron chi connectivity index (χ1n) is 14.4.